The molecule has 1 N–H and O–H groups in total. The molecule has 3 aliphatic heterocycles. The molecule has 6 aromatic carbocycles. The van der Waals surface area contributed by atoms with Crippen molar-refractivity contribution >= 4 is 46.6 Å². The van der Waals surface area contributed by atoms with Gasteiger partial charge in [0.05, 0.1) is 5.69 Å². The van der Waals surface area contributed by atoms with E-state index in [9.17, 15) is 0 Å². The molecule has 0 saturated carbocycles. The number of hydrogen-bond donors (Lipinski definition) is 1. The molecule has 299 valence electrons. The van der Waals surface area contributed by atoms with Gasteiger partial charge in [0.15, 0.2) is 7.28 Å². The molecule has 3 heteroatoms. The summed E-state index contributed by atoms with van der Waals surface area (Å²) in [6, 6.07) is 37.8. The van der Waals surface area contributed by atoms with Crippen molar-refractivity contribution in [1.29, 1.82) is 0 Å². The van der Waals surface area contributed by atoms with Crippen LogP contribution >= 0.6 is 0 Å². The first kappa shape index (κ1) is 36.8. The Morgan fingerprint density at radius 3 is 1.82 bits per heavy atom. The number of nitrogens with zero attached hydrogens (tertiary/aromatic N) is 1. The smallest absolute Gasteiger partial charge is 0.197 e. The Kier molecular flexibility index (Phi) is 6.91. The summed E-state index contributed by atoms with van der Waals surface area (Å²) in [5.74, 6) is 0. The lowest BCUT2D eigenvalue weighted by Crippen LogP contribution is -2.51. The summed E-state index contributed by atoms with van der Waals surface area (Å²) in [5.41, 5.74) is 27.8. The van der Waals surface area contributed by atoms with Crippen LogP contribution in [0.1, 0.15) is 152 Å². The predicted molar refractivity (Wildman–Crippen MR) is 255 cm³/mol. The van der Waals surface area contributed by atoms with Gasteiger partial charge in [0.25, 0.3) is 0 Å². The molecule has 2 nitrogen and oxygen atoms in total. The normalized spacial score (nSPS) is 22.5. The van der Waals surface area contributed by atoms with Crippen molar-refractivity contribution in [2.45, 2.75) is 134 Å². The predicted octanol–water partition coefficient (Wildman–Crippen LogP) is 13.5. The van der Waals surface area contributed by atoms with Crippen molar-refractivity contribution in [2.24, 2.45) is 0 Å². The number of fused-ring (bicyclic) bond motifs is 7. The summed E-state index contributed by atoms with van der Waals surface area (Å²) < 4.78 is 0. The van der Waals surface area contributed by atoms with Crippen LogP contribution in [0.4, 0.5) is 28.4 Å². The van der Waals surface area contributed by atoms with Crippen LogP contribution in [-0.4, -0.2) is 7.28 Å². The highest BCUT2D eigenvalue weighted by molar-refractivity contribution is 6.73. The molecule has 0 bridgehead atoms. The summed E-state index contributed by atoms with van der Waals surface area (Å²) >= 11 is 0. The summed E-state index contributed by atoms with van der Waals surface area (Å²) in [5, 5.41) is 4.01. The Morgan fingerprint density at radius 2 is 1.08 bits per heavy atom. The van der Waals surface area contributed by atoms with Crippen LogP contribution in [0.2, 0.25) is 0 Å². The van der Waals surface area contributed by atoms with Gasteiger partial charge in [-0.1, -0.05) is 141 Å². The highest BCUT2D eigenvalue weighted by Gasteiger charge is 2.58. The van der Waals surface area contributed by atoms with Crippen LogP contribution in [0.5, 0.6) is 0 Å². The second kappa shape index (κ2) is 11.3. The summed E-state index contributed by atoms with van der Waals surface area (Å²) in [6.07, 6.45) is 4.73. The zero-order valence-electron chi connectivity index (χ0n) is 37.6. The molecule has 0 aromatic heterocycles. The average molecular weight is 782 g/mol. The van der Waals surface area contributed by atoms with Crippen LogP contribution in [0.3, 0.4) is 0 Å². The maximum absolute atomic E-state index is 4.01. The third-order valence-corrected chi connectivity index (χ3v) is 16.9. The molecular weight excluding hydrogens is 723 g/mol. The largest absolute Gasteiger partial charge is 0.355 e. The Labute approximate surface area is 359 Å². The number of rotatable bonds is 3. The molecule has 3 aliphatic carbocycles. The lowest BCUT2D eigenvalue weighted by Gasteiger charge is -2.56. The molecule has 6 aliphatic rings. The molecule has 3 heterocycles. The molecule has 12 rings (SSSR count). The van der Waals surface area contributed by atoms with E-state index in [0.29, 0.717) is 0 Å². The molecule has 1 unspecified atom stereocenters. The fourth-order valence-electron chi connectivity index (χ4n) is 13.2. The number of hydrogen-bond acceptors (Lipinski definition) is 2. The van der Waals surface area contributed by atoms with E-state index in [4.69, 9.17) is 0 Å². The van der Waals surface area contributed by atoms with E-state index in [2.05, 4.69) is 191 Å². The van der Waals surface area contributed by atoms with Gasteiger partial charge in [0.2, 0.25) is 0 Å². The summed E-state index contributed by atoms with van der Waals surface area (Å²) in [4.78, 5) is 2.81. The minimum absolute atomic E-state index is 0.0315. The van der Waals surface area contributed by atoms with Crippen LogP contribution in [0.15, 0.2) is 97.1 Å². The highest BCUT2D eigenvalue weighted by atomic mass is 15.2. The van der Waals surface area contributed by atoms with Crippen LogP contribution < -0.4 is 21.1 Å². The molecular formula is C57H58BN2. The molecule has 1 radical (unpaired) electrons. The molecule has 6 aromatic rings. The highest BCUT2D eigenvalue weighted by Crippen LogP contribution is 2.69. The van der Waals surface area contributed by atoms with E-state index < -0.39 is 0 Å². The van der Waals surface area contributed by atoms with Crippen LogP contribution in [-0.2, 0) is 32.5 Å². The lowest BCUT2D eigenvalue weighted by molar-refractivity contribution is 0.326. The lowest BCUT2D eigenvalue weighted by atomic mass is 9.50. The second-order valence-electron chi connectivity index (χ2n) is 22.7. The van der Waals surface area contributed by atoms with Gasteiger partial charge >= 0.3 is 0 Å². The third-order valence-electron chi connectivity index (χ3n) is 16.9. The SMILES string of the molecule is CC1(C)CCC(C)(C)c2cc(-c3cc4c5c6c3[B]c3cccc7c3N6c3c(cc6c(c3C5(C)c3ccccc3-4)C(C)(C)CCC6(C)C)C7(C)C)c(Nc3ccccc3)cc21. The van der Waals surface area contributed by atoms with E-state index in [1.165, 1.54) is 115 Å². The van der Waals surface area contributed by atoms with Gasteiger partial charge in [-0.3, -0.25) is 0 Å². The number of benzene rings is 6. The number of nitrogens with one attached hydrogen (secondary N) is 1. The first-order valence-corrected chi connectivity index (χ1v) is 22.7. The Balaban J connectivity index is 1.26. The fourth-order valence-corrected chi connectivity index (χ4v) is 13.2. The fraction of sp³-hybridized carbons (Fsp3) is 0.368. The molecule has 0 spiro atoms. The molecule has 1 atom stereocenters. The molecule has 60 heavy (non-hydrogen) atoms. The molecule has 0 saturated heterocycles. The first-order valence-electron chi connectivity index (χ1n) is 22.7. The Bertz CT molecular complexity index is 2920. The van der Waals surface area contributed by atoms with Gasteiger partial charge in [0.1, 0.15) is 0 Å². The topological polar surface area (TPSA) is 15.3 Å². The van der Waals surface area contributed by atoms with Crippen molar-refractivity contribution in [2.75, 3.05) is 10.2 Å². The van der Waals surface area contributed by atoms with E-state index in [1.54, 1.807) is 16.7 Å². The van der Waals surface area contributed by atoms with Crippen molar-refractivity contribution in [3.05, 3.63) is 147 Å². The maximum atomic E-state index is 4.01. The Hall–Kier alpha value is -5.02. The first-order chi connectivity index (χ1) is 28.4. The number of anilines is 5. The van der Waals surface area contributed by atoms with Gasteiger partial charge in [-0.2, -0.15) is 0 Å². The van der Waals surface area contributed by atoms with Crippen molar-refractivity contribution in [1.82, 2.24) is 0 Å². The van der Waals surface area contributed by atoms with E-state index >= 15 is 0 Å². The van der Waals surface area contributed by atoms with Gasteiger partial charge in [-0.25, -0.2) is 0 Å². The second-order valence-corrected chi connectivity index (χ2v) is 22.7. The Morgan fingerprint density at radius 1 is 0.450 bits per heavy atom. The van der Waals surface area contributed by atoms with Gasteiger partial charge in [-0.15, -0.1) is 0 Å². The summed E-state index contributed by atoms with van der Waals surface area (Å²) in [6.45, 7) is 27.5. The van der Waals surface area contributed by atoms with Crippen LogP contribution in [0.25, 0.3) is 22.3 Å². The maximum Gasteiger partial charge on any atom is 0.197 e. The van der Waals surface area contributed by atoms with E-state index in [-0.39, 0.29) is 32.5 Å². The zero-order chi connectivity index (χ0) is 41.7. The van der Waals surface area contributed by atoms with Gasteiger partial charge < -0.3 is 10.2 Å². The summed E-state index contributed by atoms with van der Waals surface area (Å²) in [7, 11) is 2.57. The van der Waals surface area contributed by atoms with Crippen molar-refractivity contribution in [3.63, 3.8) is 0 Å². The number of para-hydroxylation sites is 2. The van der Waals surface area contributed by atoms with Gasteiger partial charge in [0, 0.05) is 39.1 Å². The third kappa shape index (κ3) is 4.42. The van der Waals surface area contributed by atoms with Crippen LogP contribution in [0, 0.1) is 0 Å². The quantitative estimate of drug-likeness (QED) is 0.180. The van der Waals surface area contributed by atoms with E-state index in [1.807, 2.05) is 0 Å². The minimum Gasteiger partial charge on any atom is -0.355 e. The van der Waals surface area contributed by atoms with Gasteiger partial charge in [-0.05, 0) is 157 Å². The van der Waals surface area contributed by atoms with Crippen molar-refractivity contribution in [3.8, 4) is 22.3 Å². The zero-order valence-corrected chi connectivity index (χ0v) is 37.6. The molecule has 0 amide bonds. The minimum atomic E-state index is -0.328. The monoisotopic (exact) mass is 781 g/mol. The molecule has 0 fully saturated rings. The standard InChI is InChI=1S/C57H58BN2/c1-52(2)24-25-53(3,4)40-31-44(59-32-18-13-12-14-19-32)34(29-39(40)52)36-28-35-33-20-15-16-21-37(33)57(11)45(35)51-48(36)58-43-23-17-22-38-49(43)60(51)50-42(56(38,9)10)30-41-46(47(50)57)55(7,8)27-26-54(41,5)6/h12-23,28-31,59H,24-27H2,1-11H3. The van der Waals surface area contributed by atoms with E-state index in [0.717, 1.165) is 5.69 Å². The van der Waals surface area contributed by atoms with Crippen molar-refractivity contribution < 1.29 is 0 Å². The average Bonchev–Trinajstić information content (AvgIpc) is 3.48.